The average Bonchev–Trinajstić information content (AvgIpc) is 2.68. The number of nitrogens with zero attached hydrogens (tertiary/aromatic N) is 2. The number of hydrogen-bond donors (Lipinski definition) is 1. The number of carbonyl (C=O) groups excluding carboxylic acids is 2. The molecule has 2 aromatic carbocycles. The van der Waals surface area contributed by atoms with E-state index in [0.717, 1.165) is 27.3 Å². The van der Waals surface area contributed by atoms with Gasteiger partial charge < -0.3 is 10.2 Å². The number of anilines is 1. The molecule has 1 N–H and O–H groups in total. The van der Waals surface area contributed by atoms with Crippen molar-refractivity contribution in [2.24, 2.45) is 0 Å². The predicted molar refractivity (Wildman–Crippen MR) is 128 cm³/mol. The van der Waals surface area contributed by atoms with Crippen LogP contribution in [0.15, 0.2) is 48.5 Å². The van der Waals surface area contributed by atoms with Gasteiger partial charge in [-0.05, 0) is 63.4 Å². The van der Waals surface area contributed by atoms with Gasteiger partial charge in [-0.2, -0.15) is 0 Å². The Morgan fingerprint density at radius 1 is 0.969 bits per heavy atom. The van der Waals surface area contributed by atoms with E-state index in [1.54, 1.807) is 19.1 Å². The van der Waals surface area contributed by atoms with Gasteiger partial charge in [-0.3, -0.25) is 13.9 Å². The second-order valence-corrected chi connectivity index (χ2v) is 10.4. The van der Waals surface area contributed by atoms with Crippen molar-refractivity contribution in [3.8, 4) is 0 Å². The van der Waals surface area contributed by atoms with Gasteiger partial charge in [-0.15, -0.1) is 0 Å². The van der Waals surface area contributed by atoms with Crippen molar-refractivity contribution in [2.75, 3.05) is 17.1 Å². The molecule has 7 nitrogen and oxygen atoms in total. The Morgan fingerprint density at radius 2 is 1.53 bits per heavy atom. The van der Waals surface area contributed by atoms with Crippen LogP contribution in [0.1, 0.15) is 37.5 Å². The molecule has 0 saturated carbocycles. The number of sulfonamides is 1. The maximum atomic E-state index is 13.4. The molecular weight excluding hydrogens is 426 g/mol. The lowest BCUT2D eigenvalue weighted by Gasteiger charge is -2.32. The first-order valence-electron chi connectivity index (χ1n) is 10.6. The summed E-state index contributed by atoms with van der Waals surface area (Å²) in [5, 5.41) is 2.83. The standard InChI is InChI=1S/C24H33N3O4S/c1-17(2)25-24(29)20(5)26(15-21-10-8-7-9-11-21)23(28)16-27(32(6,30)31)22-13-18(3)12-19(4)14-22/h7-14,17,20H,15-16H2,1-6H3,(H,25,29). The van der Waals surface area contributed by atoms with Crippen molar-refractivity contribution in [1.82, 2.24) is 10.2 Å². The molecule has 0 radical (unpaired) electrons. The molecule has 32 heavy (non-hydrogen) atoms. The molecule has 0 bridgehead atoms. The van der Waals surface area contributed by atoms with Crippen molar-refractivity contribution in [3.05, 3.63) is 65.2 Å². The predicted octanol–water partition coefficient (Wildman–Crippen LogP) is 3.01. The van der Waals surface area contributed by atoms with Gasteiger partial charge in [-0.1, -0.05) is 36.4 Å². The third-order valence-corrected chi connectivity index (χ3v) is 6.11. The zero-order valence-corrected chi connectivity index (χ0v) is 20.4. The Hall–Kier alpha value is -2.87. The van der Waals surface area contributed by atoms with Gasteiger partial charge in [-0.25, -0.2) is 8.42 Å². The second-order valence-electron chi connectivity index (χ2n) is 8.46. The molecule has 1 unspecified atom stereocenters. The molecule has 0 aliphatic heterocycles. The fraction of sp³-hybridized carbons (Fsp3) is 0.417. The van der Waals surface area contributed by atoms with E-state index >= 15 is 0 Å². The van der Waals surface area contributed by atoms with Gasteiger partial charge in [0.1, 0.15) is 12.6 Å². The van der Waals surface area contributed by atoms with E-state index < -0.39 is 28.5 Å². The highest BCUT2D eigenvalue weighted by Gasteiger charge is 2.30. The lowest BCUT2D eigenvalue weighted by molar-refractivity contribution is -0.139. The van der Waals surface area contributed by atoms with Crippen molar-refractivity contribution in [1.29, 1.82) is 0 Å². The summed E-state index contributed by atoms with van der Waals surface area (Å²) in [5.74, 6) is -0.744. The fourth-order valence-electron chi connectivity index (χ4n) is 3.48. The molecule has 0 aromatic heterocycles. The maximum absolute atomic E-state index is 13.4. The summed E-state index contributed by atoms with van der Waals surface area (Å²) in [6, 6.07) is 13.9. The highest BCUT2D eigenvalue weighted by atomic mass is 32.2. The largest absolute Gasteiger partial charge is 0.352 e. The summed E-state index contributed by atoms with van der Waals surface area (Å²) >= 11 is 0. The molecule has 0 saturated heterocycles. The molecule has 2 amide bonds. The van der Waals surface area contributed by atoms with Crippen molar-refractivity contribution < 1.29 is 18.0 Å². The minimum Gasteiger partial charge on any atom is -0.352 e. The molecule has 8 heteroatoms. The minimum atomic E-state index is -3.73. The van der Waals surface area contributed by atoms with Gasteiger partial charge >= 0.3 is 0 Å². The zero-order chi connectivity index (χ0) is 24.1. The molecule has 2 aromatic rings. The van der Waals surface area contributed by atoms with E-state index in [2.05, 4.69) is 5.32 Å². The maximum Gasteiger partial charge on any atom is 0.244 e. The Morgan fingerprint density at radius 3 is 2.03 bits per heavy atom. The first kappa shape index (κ1) is 25.4. The van der Waals surface area contributed by atoms with Crippen molar-refractivity contribution >= 4 is 27.5 Å². The average molecular weight is 460 g/mol. The molecule has 2 rings (SSSR count). The van der Waals surface area contributed by atoms with Crippen molar-refractivity contribution in [2.45, 2.75) is 53.2 Å². The Kier molecular flexibility index (Phi) is 8.44. The number of rotatable bonds is 9. The van der Waals surface area contributed by atoms with Gasteiger partial charge in [0.2, 0.25) is 21.8 Å². The second kappa shape index (κ2) is 10.6. The smallest absolute Gasteiger partial charge is 0.244 e. The normalized spacial score (nSPS) is 12.3. The first-order valence-corrected chi connectivity index (χ1v) is 12.4. The summed E-state index contributed by atoms with van der Waals surface area (Å²) < 4.78 is 26.3. The van der Waals surface area contributed by atoms with Crippen LogP contribution < -0.4 is 9.62 Å². The molecule has 0 heterocycles. The molecule has 1 atom stereocenters. The molecule has 174 valence electrons. The summed E-state index contributed by atoms with van der Waals surface area (Å²) in [5.41, 5.74) is 3.07. The fourth-order valence-corrected chi connectivity index (χ4v) is 4.31. The van der Waals surface area contributed by atoms with Crippen LogP contribution in [0, 0.1) is 13.8 Å². The highest BCUT2D eigenvalue weighted by molar-refractivity contribution is 7.92. The monoisotopic (exact) mass is 459 g/mol. The first-order chi connectivity index (χ1) is 14.9. The van der Waals surface area contributed by atoms with Gasteiger partial charge in [0.05, 0.1) is 11.9 Å². The minimum absolute atomic E-state index is 0.0820. The lowest BCUT2D eigenvalue weighted by Crippen LogP contribution is -2.52. The number of hydrogen-bond acceptors (Lipinski definition) is 4. The number of benzene rings is 2. The Bertz CT molecular complexity index is 1030. The summed E-state index contributed by atoms with van der Waals surface area (Å²) in [6.07, 6.45) is 1.08. The summed E-state index contributed by atoms with van der Waals surface area (Å²) in [7, 11) is -3.73. The number of nitrogens with one attached hydrogen (secondary N) is 1. The van der Waals surface area contributed by atoms with E-state index in [-0.39, 0.29) is 18.5 Å². The molecule has 0 aliphatic carbocycles. The topological polar surface area (TPSA) is 86.8 Å². The third kappa shape index (κ3) is 7.09. The Labute approximate surface area is 191 Å². The molecule has 0 spiro atoms. The SMILES string of the molecule is Cc1cc(C)cc(N(CC(=O)N(Cc2ccccc2)C(C)C(=O)NC(C)C)S(C)(=O)=O)c1. The van der Waals surface area contributed by atoms with Crippen LogP contribution in [-0.4, -0.2) is 50.0 Å². The summed E-state index contributed by atoms with van der Waals surface area (Å²) in [4.78, 5) is 27.5. The van der Waals surface area contributed by atoms with Crippen LogP contribution in [0.4, 0.5) is 5.69 Å². The quantitative estimate of drug-likeness (QED) is 0.625. The van der Waals surface area contributed by atoms with E-state index in [1.807, 2.05) is 64.1 Å². The Balaban J connectivity index is 2.40. The van der Waals surface area contributed by atoms with Crippen LogP contribution in [0.25, 0.3) is 0 Å². The van der Waals surface area contributed by atoms with Gasteiger partial charge in [0.25, 0.3) is 0 Å². The van der Waals surface area contributed by atoms with Gasteiger partial charge in [0.15, 0.2) is 0 Å². The van der Waals surface area contributed by atoms with E-state index in [4.69, 9.17) is 0 Å². The van der Waals surface area contributed by atoms with E-state index in [9.17, 15) is 18.0 Å². The van der Waals surface area contributed by atoms with Crippen LogP contribution in [-0.2, 0) is 26.2 Å². The van der Waals surface area contributed by atoms with Crippen LogP contribution in [0.2, 0.25) is 0 Å². The van der Waals surface area contributed by atoms with Crippen LogP contribution in [0.3, 0.4) is 0 Å². The lowest BCUT2D eigenvalue weighted by atomic mass is 10.1. The van der Waals surface area contributed by atoms with Crippen molar-refractivity contribution in [3.63, 3.8) is 0 Å². The number of aryl methyl sites for hydroxylation is 2. The number of amides is 2. The highest BCUT2D eigenvalue weighted by Crippen LogP contribution is 2.22. The van der Waals surface area contributed by atoms with E-state index in [1.165, 1.54) is 4.90 Å². The van der Waals surface area contributed by atoms with Crippen LogP contribution in [0.5, 0.6) is 0 Å². The summed E-state index contributed by atoms with van der Waals surface area (Å²) in [6.45, 7) is 8.89. The zero-order valence-electron chi connectivity index (χ0n) is 19.6. The number of carbonyl (C=O) groups is 2. The molecular formula is C24H33N3O4S. The van der Waals surface area contributed by atoms with Gasteiger partial charge in [0, 0.05) is 12.6 Å². The molecule has 0 fully saturated rings. The third-order valence-electron chi connectivity index (χ3n) is 4.97. The van der Waals surface area contributed by atoms with Crippen LogP contribution >= 0.6 is 0 Å². The molecule has 0 aliphatic rings. The van der Waals surface area contributed by atoms with E-state index in [0.29, 0.717) is 5.69 Å².